The van der Waals surface area contributed by atoms with E-state index >= 15 is 0 Å². The van der Waals surface area contributed by atoms with Crippen molar-refractivity contribution in [3.63, 3.8) is 0 Å². The number of hydrogen-bond donors (Lipinski definition) is 1. The van der Waals surface area contributed by atoms with Gasteiger partial charge in [-0.15, -0.1) is 0 Å². The molecule has 0 spiro atoms. The molecule has 0 atom stereocenters. The molecule has 0 radical (unpaired) electrons. The second-order valence-corrected chi connectivity index (χ2v) is 4.14. The van der Waals surface area contributed by atoms with Crippen LogP contribution in [-0.4, -0.2) is 35.0 Å². The van der Waals surface area contributed by atoms with Crippen LogP contribution in [0.3, 0.4) is 0 Å². The van der Waals surface area contributed by atoms with Gasteiger partial charge in [-0.25, -0.2) is 0 Å². The Bertz CT molecular complexity index is 389. The fourth-order valence-electron chi connectivity index (χ4n) is 1.27. The van der Waals surface area contributed by atoms with Crippen LogP contribution in [0.25, 0.3) is 0 Å². The highest BCUT2D eigenvalue weighted by Gasteiger charge is 2.16. The predicted octanol–water partition coefficient (Wildman–Crippen LogP) is 2.00. The molecule has 0 aliphatic carbocycles. The number of carboxylic acid groups (broad SMARTS) is 1. The quantitative estimate of drug-likeness (QED) is 0.921. The minimum absolute atomic E-state index is 0.266. The number of benzene rings is 1. The van der Waals surface area contributed by atoms with Crippen LogP contribution in [0.4, 0.5) is 0 Å². The molecule has 1 rings (SSSR count). The highest BCUT2D eigenvalue weighted by molar-refractivity contribution is 9.10. The molecule has 1 N–H and O–H groups in total. The highest BCUT2D eigenvalue weighted by Crippen LogP contribution is 2.12. The molecule has 86 valence electrons. The van der Waals surface area contributed by atoms with Crippen molar-refractivity contribution in [2.24, 2.45) is 0 Å². The minimum atomic E-state index is -1.01. The van der Waals surface area contributed by atoms with Crippen molar-refractivity contribution in [2.45, 2.75) is 6.92 Å². The van der Waals surface area contributed by atoms with E-state index in [2.05, 4.69) is 15.9 Å². The standard InChI is InChI=1S/C11H12BrNO3/c1-2-13(7-10(14)15)11(16)8-3-5-9(12)6-4-8/h3-6H,2,7H2,1H3,(H,14,15). The van der Waals surface area contributed by atoms with Gasteiger partial charge in [-0.3, -0.25) is 9.59 Å². The average Bonchev–Trinajstić information content (AvgIpc) is 2.25. The Balaban J connectivity index is 2.82. The van der Waals surface area contributed by atoms with Crippen molar-refractivity contribution < 1.29 is 14.7 Å². The number of aliphatic carboxylic acids is 1. The van der Waals surface area contributed by atoms with E-state index in [9.17, 15) is 9.59 Å². The second kappa shape index (κ2) is 5.65. The highest BCUT2D eigenvalue weighted by atomic mass is 79.9. The summed E-state index contributed by atoms with van der Waals surface area (Å²) in [5.41, 5.74) is 0.492. The lowest BCUT2D eigenvalue weighted by molar-refractivity contribution is -0.137. The lowest BCUT2D eigenvalue weighted by atomic mass is 10.2. The van der Waals surface area contributed by atoms with Gasteiger partial charge in [0.15, 0.2) is 0 Å². The van der Waals surface area contributed by atoms with Gasteiger partial charge in [-0.1, -0.05) is 15.9 Å². The Morgan fingerprint density at radius 3 is 2.31 bits per heavy atom. The second-order valence-electron chi connectivity index (χ2n) is 3.22. The van der Waals surface area contributed by atoms with E-state index in [1.165, 1.54) is 4.90 Å². The fourth-order valence-corrected chi connectivity index (χ4v) is 1.53. The number of likely N-dealkylation sites (N-methyl/N-ethyl adjacent to an activating group) is 1. The van der Waals surface area contributed by atoms with Gasteiger partial charge < -0.3 is 10.0 Å². The zero-order valence-electron chi connectivity index (χ0n) is 8.81. The summed E-state index contributed by atoms with van der Waals surface area (Å²) in [4.78, 5) is 23.7. The number of nitrogens with zero attached hydrogens (tertiary/aromatic N) is 1. The Kier molecular flexibility index (Phi) is 4.49. The van der Waals surface area contributed by atoms with Crippen LogP contribution < -0.4 is 0 Å². The fraction of sp³-hybridized carbons (Fsp3) is 0.273. The first kappa shape index (κ1) is 12.7. The molecule has 1 aromatic rings. The van der Waals surface area contributed by atoms with Gasteiger partial charge in [-0.2, -0.15) is 0 Å². The molecule has 1 aromatic carbocycles. The van der Waals surface area contributed by atoms with E-state index in [4.69, 9.17) is 5.11 Å². The largest absolute Gasteiger partial charge is 0.480 e. The lowest BCUT2D eigenvalue weighted by Gasteiger charge is -2.18. The molecule has 0 aliphatic rings. The summed E-state index contributed by atoms with van der Waals surface area (Å²) in [5.74, 6) is -1.27. The number of hydrogen-bond acceptors (Lipinski definition) is 2. The van der Waals surface area contributed by atoms with E-state index in [1.807, 2.05) is 0 Å². The van der Waals surface area contributed by atoms with E-state index in [1.54, 1.807) is 31.2 Å². The van der Waals surface area contributed by atoms with E-state index in [0.29, 0.717) is 12.1 Å². The van der Waals surface area contributed by atoms with Crippen LogP contribution in [-0.2, 0) is 4.79 Å². The van der Waals surface area contributed by atoms with E-state index in [-0.39, 0.29) is 12.5 Å². The summed E-state index contributed by atoms with van der Waals surface area (Å²) in [6.07, 6.45) is 0. The van der Waals surface area contributed by atoms with Crippen LogP contribution in [0.2, 0.25) is 0 Å². The molecule has 0 saturated heterocycles. The summed E-state index contributed by atoms with van der Waals surface area (Å²) in [5, 5.41) is 8.65. The Hall–Kier alpha value is -1.36. The van der Waals surface area contributed by atoms with E-state index in [0.717, 1.165) is 4.47 Å². The molecule has 0 fully saturated rings. The third kappa shape index (κ3) is 3.34. The molecule has 1 amide bonds. The molecule has 0 bridgehead atoms. The summed E-state index contributed by atoms with van der Waals surface area (Å²) in [6, 6.07) is 6.83. The van der Waals surface area contributed by atoms with Crippen LogP contribution in [0.15, 0.2) is 28.7 Å². The third-order valence-corrected chi connectivity index (χ3v) is 2.61. The molecule has 0 aromatic heterocycles. The number of carboxylic acids is 1. The lowest BCUT2D eigenvalue weighted by Crippen LogP contribution is -2.35. The zero-order valence-corrected chi connectivity index (χ0v) is 10.4. The average molecular weight is 286 g/mol. The molecular weight excluding hydrogens is 274 g/mol. The third-order valence-electron chi connectivity index (χ3n) is 2.09. The smallest absolute Gasteiger partial charge is 0.323 e. The SMILES string of the molecule is CCN(CC(=O)O)C(=O)c1ccc(Br)cc1. The monoisotopic (exact) mass is 285 g/mol. The number of carbonyl (C=O) groups is 2. The zero-order chi connectivity index (χ0) is 12.1. The molecule has 5 heteroatoms. The van der Waals surface area contributed by atoms with Crippen molar-refractivity contribution in [1.82, 2.24) is 4.90 Å². The minimum Gasteiger partial charge on any atom is -0.480 e. The molecule has 4 nitrogen and oxygen atoms in total. The number of amides is 1. The van der Waals surface area contributed by atoms with Gasteiger partial charge >= 0.3 is 5.97 Å². The van der Waals surface area contributed by atoms with E-state index < -0.39 is 5.97 Å². The normalized spacial score (nSPS) is 9.88. The van der Waals surface area contributed by atoms with Crippen molar-refractivity contribution in [3.05, 3.63) is 34.3 Å². The Morgan fingerprint density at radius 2 is 1.88 bits per heavy atom. The predicted molar refractivity (Wildman–Crippen MR) is 63.4 cm³/mol. The molecule has 0 unspecified atom stereocenters. The van der Waals surface area contributed by atoms with Crippen LogP contribution in [0, 0.1) is 0 Å². The van der Waals surface area contributed by atoms with Gasteiger partial charge in [-0.05, 0) is 31.2 Å². The first-order valence-corrected chi connectivity index (χ1v) is 5.60. The summed E-state index contributed by atoms with van der Waals surface area (Å²) in [7, 11) is 0. The van der Waals surface area contributed by atoms with Crippen molar-refractivity contribution in [2.75, 3.05) is 13.1 Å². The van der Waals surface area contributed by atoms with Gasteiger partial charge in [0.05, 0.1) is 0 Å². The van der Waals surface area contributed by atoms with Crippen LogP contribution >= 0.6 is 15.9 Å². The Labute approximate surface area is 102 Å². The number of rotatable bonds is 4. The number of halogens is 1. The number of carbonyl (C=O) groups excluding carboxylic acids is 1. The molecule has 16 heavy (non-hydrogen) atoms. The maximum Gasteiger partial charge on any atom is 0.323 e. The molecule has 0 aliphatic heterocycles. The van der Waals surface area contributed by atoms with Crippen LogP contribution in [0.1, 0.15) is 17.3 Å². The molecular formula is C11H12BrNO3. The van der Waals surface area contributed by atoms with Gasteiger partial charge in [0.25, 0.3) is 5.91 Å². The van der Waals surface area contributed by atoms with Gasteiger partial charge in [0.2, 0.25) is 0 Å². The van der Waals surface area contributed by atoms with Crippen LogP contribution in [0.5, 0.6) is 0 Å². The van der Waals surface area contributed by atoms with Gasteiger partial charge in [0, 0.05) is 16.6 Å². The summed E-state index contributed by atoms with van der Waals surface area (Å²) in [6.45, 7) is 1.85. The summed E-state index contributed by atoms with van der Waals surface area (Å²) >= 11 is 3.27. The topological polar surface area (TPSA) is 57.6 Å². The first-order valence-electron chi connectivity index (χ1n) is 4.81. The van der Waals surface area contributed by atoms with Gasteiger partial charge in [0.1, 0.15) is 6.54 Å². The maximum absolute atomic E-state index is 11.9. The molecule has 0 saturated carbocycles. The molecule has 0 heterocycles. The van der Waals surface area contributed by atoms with Crippen molar-refractivity contribution in [1.29, 1.82) is 0 Å². The first-order chi connectivity index (χ1) is 7.54. The summed E-state index contributed by atoms with van der Waals surface area (Å²) < 4.78 is 0.880. The maximum atomic E-state index is 11.9. The van der Waals surface area contributed by atoms with Crippen molar-refractivity contribution in [3.8, 4) is 0 Å². The van der Waals surface area contributed by atoms with Crippen molar-refractivity contribution >= 4 is 27.8 Å². The Morgan fingerprint density at radius 1 is 1.31 bits per heavy atom.